The van der Waals surface area contributed by atoms with Crippen molar-refractivity contribution in [3.8, 4) is 0 Å². The van der Waals surface area contributed by atoms with E-state index in [4.69, 9.17) is 10.8 Å². The largest absolute Gasteiger partial charge is 0.480 e. The van der Waals surface area contributed by atoms with Crippen LogP contribution in [0.15, 0.2) is 0 Å². The molecule has 5 N–H and O–H groups in total. The third kappa shape index (κ3) is 6.44. The van der Waals surface area contributed by atoms with Crippen molar-refractivity contribution in [3.05, 3.63) is 0 Å². The fourth-order valence-electron chi connectivity index (χ4n) is 0.941. The fraction of sp³-hybridized carbons (Fsp3) is 0.625. The number of nitrogens with two attached hydrogens (primary N) is 1. The van der Waals surface area contributed by atoms with E-state index in [1.807, 2.05) is 0 Å². The number of aliphatic carboxylic acids is 1. The van der Waals surface area contributed by atoms with Crippen molar-refractivity contribution in [2.24, 2.45) is 5.73 Å². The molecule has 0 bridgehead atoms. The average molecular weight is 217 g/mol. The summed E-state index contributed by atoms with van der Waals surface area (Å²) in [6, 6.07) is -0.760. The summed E-state index contributed by atoms with van der Waals surface area (Å²) in [4.78, 5) is 31.9. The van der Waals surface area contributed by atoms with Crippen LogP contribution in [0.5, 0.6) is 0 Å². The number of carbonyl (C=O) groups excluding carboxylic acids is 2. The van der Waals surface area contributed by atoms with Crippen molar-refractivity contribution >= 4 is 17.8 Å². The van der Waals surface area contributed by atoms with Gasteiger partial charge in [-0.1, -0.05) is 0 Å². The lowest BCUT2D eigenvalue weighted by Crippen LogP contribution is -2.37. The minimum absolute atomic E-state index is 0.0328. The van der Waals surface area contributed by atoms with E-state index in [0.29, 0.717) is 0 Å². The van der Waals surface area contributed by atoms with Gasteiger partial charge in [-0.3, -0.25) is 14.4 Å². The van der Waals surface area contributed by atoms with Gasteiger partial charge in [0.15, 0.2) is 0 Å². The summed E-state index contributed by atoms with van der Waals surface area (Å²) in [6.45, 7) is -0.226. The molecule has 15 heavy (non-hydrogen) atoms. The molecule has 0 aliphatic rings. The van der Waals surface area contributed by atoms with E-state index in [-0.39, 0.29) is 19.4 Å². The SMILES string of the molecule is CN[C@@H](CCC(=O)NCC(N)=O)C(=O)O. The van der Waals surface area contributed by atoms with Crippen LogP contribution in [0.1, 0.15) is 12.8 Å². The number of carbonyl (C=O) groups is 3. The highest BCUT2D eigenvalue weighted by Crippen LogP contribution is 1.96. The predicted molar refractivity (Wildman–Crippen MR) is 51.9 cm³/mol. The van der Waals surface area contributed by atoms with E-state index in [0.717, 1.165) is 0 Å². The van der Waals surface area contributed by atoms with Crippen LogP contribution in [0, 0.1) is 0 Å². The monoisotopic (exact) mass is 217 g/mol. The third-order valence-electron chi connectivity index (χ3n) is 1.77. The van der Waals surface area contributed by atoms with Crippen LogP contribution in [0.25, 0.3) is 0 Å². The molecular weight excluding hydrogens is 202 g/mol. The molecule has 0 saturated heterocycles. The van der Waals surface area contributed by atoms with Crippen LogP contribution in [-0.2, 0) is 14.4 Å². The predicted octanol–water partition coefficient (Wildman–Crippen LogP) is -1.96. The van der Waals surface area contributed by atoms with Gasteiger partial charge in [-0.25, -0.2) is 0 Å². The van der Waals surface area contributed by atoms with E-state index < -0.39 is 23.8 Å². The topological polar surface area (TPSA) is 122 Å². The second-order valence-corrected chi connectivity index (χ2v) is 2.96. The van der Waals surface area contributed by atoms with Crippen molar-refractivity contribution in [3.63, 3.8) is 0 Å². The van der Waals surface area contributed by atoms with E-state index in [2.05, 4.69) is 10.6 Å². The van der Waals surface area contributed by atoms with Gasteiger partial charge in [0.2, 0.25) is 11.8 Å². The van der Waals surface area contributed by atoms with Gasteiger partial charge in [0.25, 0.3) is 0 Å². The summed E-state index contributed by atoms with van der Waals surface area (Å²) in [5.74, 6) is -2.04. The molecule has 2 amide bonds. The highest BCUT2D eigenvalue weighted by Gasteiger charge is 2.16. The smallest absolute Gasteiger partial charge is 0.320 e. The van der Waals surface area contributed by atoms with Crippen molar-refractivity contribution in [2.75, 3.05) is 13.6 Å². The van der Waals surface area contributed by atoms with E-state index >= 15 is 0 Å². The highest BCUT2D eigenvalue weighted by molar-refractivity contribution is 5.84. The number of carboxylic acid groups (broad SMARTS) is 1. The molecule has 0 heterocycles. The number of likely N-dealkylation sites (N-methyl/N-ethyl adjacent to an activating group) is 1. The Balaban J connectivity index is 3.78. The molecule has 0 aromatic heterocycles. The van der Waals surface area contributed by atoms with E-state index in [1.165, 1.54) is 7.05 Å². The Bertz CT molecular complexity index is 254. The van der Waals surface area contributed by atoms with Gasteiger partial charge in [-0.15, -0.1) is 0 Å². The Morgan fingerprint density at radius 3 is 2.40 bits per heavy atom. The molecule has 0 aromatic carbocycles. The molecule has 0 unspecified atom stereocenters. The summed E-state index contributed by atoms with van der Waals surface area (Å²) in [5.41, 5.74) is 4.81. The van der Waals surface area contributed by atoms with Crippen LogP contribution < -0.4 is 16.4 Å². The van der Waals surface area contributed by atoms with Crippen LogP contribution >= 0.6 is 0 Å². The Hall–Kier alpha value is -1.63. The molecule has 0 spiro atoms. The molecule has 0 aromatic rings. The second-order valence-electron chi connectivity index (χ2n) is 2.96. The summed E-state index contributed by atoms with van der Waals surface area (Å²) < 4.78 is 0. The molecule has 0 aliphatic heterocycles. The molecule has 0 saturated carbocycles. The first-order valence-electron chi connectivity index (χ1n) is 4.42. The first kappa shape index (κ1) is 13.4. The first-order chi connectivity index (χ1) is 6.97. The van der Waals surface area contributed by atoms with Crippen molar-refractivity contribution in [2.45, 2.75) is 18.9 Å². The maximum Gasteiger partial charge on any atom is 0.320 e. The van der Waals surface area contributed by atoms with Gasteiger partial charge < -0.3 is 21.5 Å². The Morgan fingerprint density at radius 2 is 2.00 bits per heavy atom. The highest BCUT2D eigenvalue weighted by atomic mass is 16.4. The van der Waals surface area contributed by atoms with Crippen molar-refractivity contribution < 1.29 is 19.5 Å². The van der Waals surface area contributed by atoms with Crippen molar-refractivity contribution in [1.29, 1.82) is 0 Å². The molecule has 0 radical (unpaired) electrons. The maximum absolute atomic E-state index is 11.1. The Morgan fingerprint density at radius 1 is 1.40 bits per heavy atom. The average Bonchev–Trinajstić information content (AvgIpc) is 2.15. The molecule has 0 fully saturated rings. The van der Waals surface area contributed by atoms with E-state index in [1.54, 1.807) is 0 Å². The molecule has 0 rings (SSSR count). The number of primary amides is 1. The van der Waals surface area contributed by atoms with Crippen LogP contribution in [0.2, 0.25) is 0 Å². The van der Waals surface area contributed by atoms with Gasteiger partial charge in [0, 0.05) is 6.42 Å². The summed E-state index contributed by atoms with van der Waals surface area (Å²) in [5, 5.41) is 13.5. The summed E-state index contributed by atoms with van der Waals surface area (Å²) >= 11 is 0. The number of hydrogen-bond donors (Lipinski definition) is 4. The number of carboxylic acids is 1. The number of nitrogens with one attached hydrogen (secondary N) is 2. The number of rotatable bonds is 7. The quantitative estimate of drug-likeness (QED) is 0.394. The van der Waals surface area contributed by atoms with Gasteiger partial charge in [-0.05, 0) is 13.5 Å². The van der Waals surface area contributed by atoms with E-state index in [9.17, 15) is 14.4 Å². The maximum atomic E-state index is 11.1. The Labute approximate surface area is 87.0 Å². The van der Waals surface area contributed by atoms with Crippen LogP contribution in [0.3, 0.4) is 0 Å². The van der Waals surface area contributed by atoms with Gasteiger partial charge in [0.1, 0.15) is 6.04 Å². The van der Waals surface area contributed by atoms with Crippen LogP contribution in [-0.4, -0.2) is 42.5 Å². The van der Waals surface area contributed by atoms with Gasteiger partial charge >= 0.3 is 5.97 Å². The fourth-order valence-corrected chi connectivity index (χ4v) is 0.941. The number of amides is 2. The minimum Gasteiger partial charge on any atom is -0.480 e. The zero-order chi connectivity index (χ0) is 11.8. The third-order valence-corrected chi connectivity index (χ3v) is 1.77. The van der Waals surface area contributed by atoms with Crippen molar-refractivity contribution in [1.82, 2.24) is 10.6 Å². The lowest BCUT2D eigenvalue weighted by atomic mass is 10.1. The molecule has 7 heteroatoms. The normalized spacial score (nSPS) is 11.8. The molecule has 86 valence electrons. The zero-order valence-corrected chi connectivity index (χ0v) is 8.45. The van der Waals surface area contributed by atoms with Gasteiger partial charge in [-0.2, -0.15) is 0 Å². The van der Waals surface area contributed by atoms with Crippen LogP contribution in [0.4, 0.5) is 0 Å². The molecule has 0 aliphatic carbocycles. The number of hydrogen-bond acceptors (Lipinski definition) is 4. The summed E-state index contributed by atoms with van der Waals surface area (Å²) in [6.07, 6.45) is 0.196. The molecule has 7 nitrogen and oxygen atoms in total. The zero-order valence-electron chi connectivity index (χ0n) is 8.45. The molecular formula is C8H15N3O4. The summed E-state index contributed by atoms with van der Waals surface area (Å²) in [7, 11) is 1.50. The van der Waals surface area contributed by atoms with Gasteiger partial charge in [0.05, 0.1) is 6.54 Å². The lowest BCUT2D eigenvalue weighted by molar-refractivity contribution is -0.139. The molecule has 1 atom stereocenters. The lowest BCUT2D eigenvalue weighted by Gasteiger charge is -2.10. The Kier molecular flexibility index (Phi) is 6.03. The minimum atomic E-state index is -1.01. The first-order valence-corrected chi connectivity index (χ1v) is 4.42. The standard InChI is InChI=1S/C8H15N3O4/c1-10-5(8(14)15)2-3-7(13)11-4-6(9)12/h5,10H,2-4H2,1H3,(H2,9,12)(H,11,13)(H,14,15)/t5-/m0/s1. The second kappa shape index (κ2) is 6.77.